The first-order valence-corrected chi connectivity index (χ1v) is 7.49. The summed E-state index contributed by atoms with van der Waals surface area (Å²) in [6, 6.07) is 2.09. The van der Waals surface area contributed by atoms with E-state index in [-0.39, 0.29) is 16.9 Å². The van der Waals surface area contributed by atoms with Crippen LogP contribution in [0.3, 0.4) is 0 Å². The van der Waals surface area contributed by atoms with Crippen LogP contribution in [-0.4, -0.2) is 36.3 Å². The molecule has 2 amide bonds. The van der Waals surface area contributed by atoms with Gasteiger partial charge in [-0.1, -0.05) is 15.9 Å². The zero-order chi connectivity index (χ0) is 15.4. The quantitative estimate of drug-likeness (QED) is 0.820. The summed E-state index contributed by atoms with van der Waals surface area (Å²) in [4.78, 5) is 24.9. The Hall–Kier alpha value is -1.50. The molecule has 1 N–H and O–H groups in total. The van der Waals surface area contributed by atoms with Crippen molar-refractivity contribution in [1.82, 2.24) is 10.2 Å². The van der Waals surface area contributed by atoms with Gasteiger partial charge < -0.3 is 10.2 Å². The number of hydrogen-bond acceptors (Lipinski definition) is 2. The van der Waals surface area contributed by atoms with Gasteiger partial charge in [0.05, 0.1) is 0 Å². The number of hydrogen-bond donors (Lipinski definition) is 1. The molecule has 114 valence electrons. The second-order valence-corrected chi connectivity index (χ2v) is 5.75. The second kappa shape index (κ2) is 6.98. The third kappa shape index (κ3) is 4.00. The maximum Gasteiger partial charge on any atom is 0.257 e. The summed E-state index contributed by atoms with van der Waals surface area (Å²) in [6.07, 6.45) is 1.99. The minimum absolute atomic E-state index is 0.117. The second-order valence-electron chi connectivity index (χ2n) is 4.84. The highest BCUT2D eigenvalue weighted by molar-refractivity contribution is 9.10. The van der Waals surface area contributed by atoms with Crippen molar-refractivity contribution in [3.63, 3.8) is 0 Å². The first-order chi connectivity index (χ1) is 9.99. The summed E-state index contributed by atoms with van der Waals surface area (Å²) in [6.45, 7) is 1.55. The molecule has 0 aliphatic carbocycles. The molecule has 0 bridgehead atoms. The fourth-order valence-electron chi connectivity index (χ4n) is 2.26. The van der Waals surface area contributed by atoms with Crippen LogP contribution in [0.25, 0.3) is 0 Å². The highest BCUT2D eigenvalue weighted by atomic mass is 79.9. The van der Waals surface area contributed by atoms with E-state index in [1.807, 2.05) is 0 Å². The molecule has 0 spiro atoms. The molecule has 0 radical (unpaired) electrons. The number of rotatable bonds is 5. The van der Waals surface area contributed by atoms with Crippen molar-refractivity contribution < 1.29 is 18.4 Å². The van der Waals surface area contributed by atoms with Crippen LogP contribution in [0.4, 0.5) is 8.78 Å². The zero-order valence-corrected chi connectivity index (χ0v) is 12.9. The molecule has 0 unspecified atom stereocenters. The third-order valence-corrected chi connectivity index (χ3v) is 3.75. The van der Waals surface area contributed by atoms with E-state index >= 15 is 0 Å². The molecule has 21 heavy (non-hydrogen) atoms. The van der Waals surface area contributed by atoms with E-state index in [0.717, 1.165) is 25.1 Å². The lowest BCUT2D eigenvalue weighted by molar-refractivity contribution is -0.127. The van der Waals surface area contributed by atoms with E-state index in [1.54, 1.807) is 4.90 Å². The highest BCUT2D eigenvalue weighted by Gasteiger charge is 2.20. The number of nitrogens with one attached hydrogen (secondary N) is 1. The molecule has 2 rings (SSSR count). The standard InChI is InChI=1S/C14H15BrF2N2O2/c15-9-7-10(16)13(11(17)8-9)14(21)18-4-2-6-19-5-1-3-12(19)20/h7-8H,1-6H2,(H,18,21). The van der Waals surface area contributed by atoms with Crippen LogP contribution in [0, 0.1) is 11.6 Å². The van der Waals surface area contributed by atoms with Gasteiger partial charge in [-0.05, 0) is 25.0 Å². The Balaban J connectivity index is 1.83. The summed E-state index contributed by atoms with van der Waals surface area (Å²) in [5.41, 5.74) is -0.588. The molecule has 1 saturated heterocycles. The molecule has 7 heteroatoms. The Morgan fingerprint density at radius 1 is 1.33 bits per heavy atom. The Morgan fingerprint density at radius 3 is 2.57 bits per heavy atom. The normalized spacial score (nSPS) is 14.6. The van der Waals surface area contributed by atoms with Crippen molar-refractivity contribution in [3.8, 4) is 0 Å². The van der Waals surface area contributed by atoms with Crippen LogP contribution in [0.2, 0.25) is 0 Å². The Morgan fingerprint density at radius 2 is 2.00 bits per heavy atom. The van der Waals surface area contributed by atoms with Crippen molar-refractivity contribution in [1.29, 1.82) is 0 Å². The topological polar surface area (TPSA) is 49.4 Å². The average molecular weight is 361 g/mol. The number of likely N-dealkylation sites (tertiary alicyclic amines) is 1. The molecule has 4 nitrogen and oxygen atoms in total. The number of carbonyl (C=O) groups is 2. The zero-order valence-electron chi connectivity index (χ0n) is 11.3. The Bertz CT molecular complexity index is 543. The van der Waals surface area contributed by atoms with Crippen molar-refractivity contribution in [2.24, 2.45) is 0 Å². The maximum absolute atomic E-state index is 13.6. The summed E-state index contributed by atoms with van der Waals surface area (Å²) in [7, 11) is 0. The number of carbonyl (C=O) groups excluding carboxylic acids is 2. The third-order valence-electron chi connectivity index (χ3n) is 3.30. The number of benzene rings is 1. The van der Waals surface area contributed by atoms with Gasteiger partial charge in [0.1, 0.15) is 17.2 Å². The molecule has 1 heterocycles. The smallest absolute Gasteiger partial charge is 0.257 e. The fraction of sp³-hybridized carbons (Fsp3) is 0.429. The first kappa shape index (κ1) is 15.9. The van der Waals surface area contributed by atoms with Gasteiger partial charge in [0, 0.05) is 30.5 Å². The van der Waals surface area contributed by atoms with Gasteiger partial charge in [0.15, 0.2) is 0 Å². The molecular formula is C14H15BrF2N2O2. The van der Waals surface area contributed by atoms with E-state index in [0.29, 0.717) is 19.4 Å². The summed E-state index contributed by atoms with van der Waals surface area (Å²) in [5.74, 6) is -2.49. The molecular weight excluding hydrogens is 346 g/mol. The molecule has 0 atom stereocenters. The molecule has 1 aliphatic heterocycles. The van der Waals surface area contributed by atoms with Gasteiger partial charge in [0.2, 0.25) is 5.91 Å². The lowest BCUT2D eigenvalue weighted by Crippen LogP contribution is -2.31. The molecule has 1 fully saturated rings. The van der Waals surface area contributed by atoms with Crippen molar-refractivity contribution >= 4 is 27.7 Å². The first-order valence-electron chi connectivity index (χ1n) is 6.69. The van der Waals surface area contributed by atoms with E-state index in [1.165, 1.54) is 0 Å². The van der Waals surface area contributed by atoms with Crippen LogP contribution in [0.15, 0.2) is 16.6 Å². The van der Waals surface area contributed by atoms with Crippen LogP contribution in [0.1, 0.15) is 29.6 Å². The van der Waals surface area contributed by atoms with Gasteiger partial charge >= 0.3 is 0 Å². The number of halogens is 3. The van der Waals surface area contributed by atoms with E-state index in [4.69, 9.17) is 0 Å². The fourth-order valence-corrected chi connectivity index (χ4v) is 2.66. The van der Waals surface area contributed by atoms with Crippen LogP contribution < -0.4 is 5.32 Å². The number of amides is 2. The lowest BCUT2D eigenvalue weighted by Gasteiger charge is -2.15. The minimum atomic E-state index is -0.908. The Kier molecular flexibility index (Phi) is 5.27. The monoisotopic (exact) mass is 360 g/mol. The molecule has 1 aromatic rings. The van der Waals surface area contributed by atoms with E-state index in [2.05, 4.69) is 21.2 Å². The van der Waals surface area contributed by atoms with Crippen LogP contribution in [0.5, 0.6) is 0 Å². The van der Waals surface area contributed by atoms with Gasteiger partial charge in [-0.25, -0.2) is 8.78 Å². The predicted octanol–water partition coefficient (Wildman–Crippen LogP) is 2.47. The number of nitrogens with zero attached hydrogens (tertiary/aromatic N) is 1. The van der Waals surface area contributed by atoms with Crippen LogP contribution in [-0.2, 0) is 4.79 Å². The largest absolute Gasteiger partial charge is 0.352 e. The van der Waals surface area contributed by atoms with Gasteiger partial charge in [-0.2, -0.15) is 0 Å². The van der Waals surface area contributed by atoms with Crippen molar-refractivity contribution in [2.45, 2.75) is 19.3 Å². The molecule has 0 aromatic heterocycles. The lowest BCUT2D eigenvalue weighted by atomic mass is 10.2. The highest BCUT2D eigenvalue weighted by Crippen LogP contribution is 2.19. The van der Waals surface area contributed by atoms with Crippen LogP contribution >= 0.6 is 15.9 Å². The van der Waals surface area contributed by atoms with Crippen molar-refractivity contribution in [2.75, 3.05) is 19.6 Å². The minimum Gasteiger partial charge on any atom is -0.352 e. The summed E-state index contributed by atoms with van der Waals surface area (Å²) in [5, 5.41) is 2.47. The van der Waals surface area contributed by atoms with Gasteiger partial charge in [-0.15, -0.1) is 0 Å². The van der Waals surface area contributed by atoms with Gasteiger partial charge in [-0.3, -0.25) is 9.59 Å². The molecule has 0 saturated carbocycles. The Labute approximate surface area is 129 Å². The SMILES string of the molecule is O=C(NCCCN1CCCC1=O)c1c(F)cc(Br)cc1F. The summed E-state index contributed by atoms with van der Waals surface area (Å²) >= 11 is 2.95. The average Bonchev–Trinajstić information content (AvgIpc) is 2.79. The van der Waals surface area contributed by atoms with Gasteiger partial charge in [0.25, 0.3) is 5.91 Å². The van der Waals surface area contributed by atoms with E-state index in [9.17, 15) is 18.4 Å². The molecule has 1 aromatic carbocycles. The van der Waals surface area contributed by atoms with Crippen molar-refractivity contribution in [3.05, 3.63) is 33.8 Å². The predicted molar refractivity (Wildman–Crippen MR) is 76.8 cm³/mol. The maximum atomic E-state index is 13.6. The molecule has 1 aliphatic rings. The van der Waals surface area contributed by atoms with E-state index < -0.39 is 23.1 Å². The summed E-state index contributed by atoms with van der Waals surface area (Å²) < 4.78 is 27.4.